The Labute approximate surface area is 119 Å². The van der Waals surface area contributed by atoms with Crippen LogP contribution in [0.25, 0.3) is 0 Å². The van der Waals surface area contributed by atoms with Crippen molar-refractivity contribution >= 4 is 17.7 Å². The molecular weight excluding hydrogens is 284 g/mol. The Bertz CT molecular complexity index is 474. The highest BCUT2D eigenvalue weighted by Crippen LogP contribution is 2.25. The maximum Gasteiger partial charge on any atom is 0.255 e. The molecule has 5 atom stereocenters. The van der Waals surface area contributed by atoms with E-state index in [0.29, 0.717) is 0 Å². The highest BCUT2D eigenvalue weighted by atomic mass is 16.5. The summed E-state index contributed by atoms with van der Waals surface area (Å²) in [6.07, 6.45) is -3.42. The summed E-state index contributed by atoms with van der Waals surface area (Å²) < 4.78 is 5.33. The number of nitrogens with zero attached hydrogens (tertiary/aromatic N) is 1. The maximum atomic E-state index is 11.7. The molecule has 3 amide bonds. The van der Waals surface area contributed by atoms with Gasteiger partial charge in [0.25, 0.3) is 11.8 Å². The normalized spacial score (nSPS) is 36.2. The number of aliphatic hydroxyl groups is 3. The molecule has 21 heavy (non-hydrogen) atoms. The lowest BCUT2D eigenvalue weighted by Crippen LogP contribution is -2.68. The molecule has 0 radical (unpaired) electrons. The van der Waals surface area contributed by atoms with Crippen molar-refractivity contribution in [3.63, 3.8) is 0 Å². The van der Waals surface area contributed by atoms with Crippen molar-refractivity contribution in [1.82, 2.24) is 10.2 Å². The molecule has 0 unspecified atom stereocenters. The van der Waals surface area contributed by atoms with Crippen molar-refractivity contribution in [2.75, 3.05) is 6.61 Å². The number of carbonyl (C=O) groups excluding carboxylic acids is 3. The molecule has 9 nitrogen and oxygen atoms in total. The van der Waals surface area contributed by atoms with Gasteiger partial charge in [-0.2, -0.15) is 0 Å². The summed E-state index contributed by atoms with van der Waals surface area (Å²) in [5.41, 5.74) is 0. The molecular formula is C12H16N2O7. The van der Waals surface area contributed by atoms with Gasteiger partial charge in [0.1, 0.15) is 24.4 Å². The Morgan fingerprint density at radius 1 is 1.29 bits per heavy atom. The third-order valence-electron chi connectivity index (χ3n) is 3.37. The van der Waals surface area contributed by atoms with Crippen LogP contribution in [0.3, 0.4) is 0 Å². The van der Waals surface area contributed by atoms with Crippen LogP contribution < -0.4 is 5.32 Å². The molecule has 0 aromatic heterocycles. The molecule has 9 heteroatoms. The largest absolute Gasteiger partial charge is 0.394 e. The molecule has 0 spiro atoms. The monoisotopic (exact) mass is 300 g/mol. The minimum Gasteiger partial charge on any atom is -0.394 e. The third kappa shape index (κ3) is 2.81. The number of ether oxygens (including phenoxy) is 1. The number of carbonyl (C=O) groups is 3. The van der Waals surface area contributed by atoms with Crippen molar-refractivity contribution in [1.29, 1.82) is 0 Å². The van der Waals surface area contributed by atoms with Gasteiger partial charge in [0.15, 0.2) is 6.23 Å². The molecule has 4 N–H and O–H groups in total. The van der Waals surface area contributed by atoms with Gasteiger partial charge in [-0.1, -0.05) is 0 Å². The molecule has 0 saturated carbocycles. The molecule has 1 saturated heterocycles. The van der Waals surface area contributed by atoms with Gasteiger partial charge in [-0.3, -0.25) is 14.4 Å². The minimum atomic E-state index is -1.51. The van der Waals surface area contributed by atoms with Gasteiger partial charge in [0.05, 0.1) is 6.61 Å². The van der Waals surface area contributed by atoms with Crippen molar-refractivity contribution < 1.29 is 34.4 Å². The first-order valence-corrected chi connectivity index (χ1v) is 6.31. The van der Waals surface area contributed by atoms with Gasteiger partial charge in [0, 0.05) is 19.1 Å². The first-order chi connectivity index (χ1) is 9.86. The number of aliphatic hydroxyl groups excluding tert-OH is 3. The summed E-state index contributed by atoms with van der Waals surface area (Å²) in [7, 11) is 0. The number of hydrogen-bond acceptors (Lipinski definition) is 7. The molecule has 2 aliphatic rings. The predicted molar refractivity (Wildman–Crippen MR) is 66.4 cm³/mol. The second-order valence-electron chi connectivity index (χ2n) is 4.83. The smallest absolute Gasteiger partial charge is 0.255 e. The standard InChI is InChI=1S/C12H16N2O7/c1-5(16)13-9-11(20)10(19)6(4-15)21-12(9)14-7(17)2-3-8(14)18/h2-3,6,9-12,15,19-20H,4H2,1H3,(H,13,16)/t6-,9-,10-,11-,12-/m1/s1. The average Bonchev–Trinajstić information content (AvgIpc) is 2.75. The highest BCUT2D eigenvalue weighted by Gasteiger charge is 2.49. The number of rotatable bonds is 3. The molecule has 1 fully saturated rings. The Morgan fingerprint density at radius 2 is 1.86 bits per heavy atom. The van der Waals surface area contributed by atoms with E-state index in [0.717, 1.165) is 17.1 Å². The highest BCUT2D eigenvalue weighted by molar-refractivity contribution is 6.13. The summed E-state index contributed by atoms with van der Waals surface area (Å²) in [5, 5.41) is 31.4. The molecule has 0 bridgehead atoms. The Hall–Kier alpha value is -1.81. The topological polar surface area (TPSA) is 136 Å². The van der Waals surface area contributed by atoms with Crippen molar-refractivity contribution in [2.45, 2.75) is 37.5 Å². The molecule has 2 rings (SSSR count). The van der Waals surface area contributed by atoms with Crippen LogP contribution in [0.5, 0.6) is 0 Å². The van der Waals surface area contributed by atoms with E-state index in [4.69, 9.17) is 9.84 Å². The number of nitrogens with one attached hydrogen (secondary N) is 1. The summed E-state index contributed by atoms with van der Waals surface area (Å²) in [6.45, 7) is 0.561. The van der Waals surface area contributed by atoms with Crippen LogP contribution >= 0.6 is 0 Å². The van der Waals surface area contributed by atoms with E-state index in [-0.39, 0.29) is 0 Å². The summed E-state index contributed by atoms with van der Waals surface area (Å²) in [4.78, 5) is 35.4. The lowest BCUT2D eigenvalue weighted by Gasteiger charge is -2.44. The van der Waals surface area contributed by atoms with Gasteiger partial charge >= 0.3 is 0 Å². The molecule has 0 aromatic carbocycles. The van der Waals surface area contributed by atoms with Crippen LogP contribution in [-0.2, 0) is 19.1 Å². The SMILES string of the molecule is CC(=O)N[C@@H]1[C@@H](O)[C@H](O)[C@@H](CO)O[C@H]1N1C(=O)C=CC1=O. The number of amides is 3. The van der Waals surface area contributed by atoms with Gasteiger partial charge in [-0.15, -0.1) is 0 Å². The van der Waals surface area contributed by atoms with E-state index >= 15 is 0 Å². The predicted octanol–water partition coefficient (Wildman–Crippen LogP) is -3.14. The first kappa shape index (κ1) is 15.6. The summed E-state index contributed by atoms with van der Waals surface area (Å²) in [5.74, 6) is -1.87. The van der Waals surface area contributed by atoms with Crippen LogP contribution in [0.2, 0.25) is 0 Å². The fourth-order valence-electron chi connectivity index (χ4n) is 2.37. The van der Waals surface area contributed by atoms with Crippen LogP contribution in [-0.4, -0.2) is 75.1 Å². The molecule has 2 heterocycles. The fraction of sp³-hybridized carbons (Fsp3) is 0.583. The van der Waals surface area contributed by atoms with E-state index in [1.54, 1.807) is 0 Å². The molecule has 116 valence electrons. The van der Waals surface area contributed by atoms with E-state index in [2.05, 4.69) is 5.32 Å². The zero-order valence-corrected chi connectivity index (χ0v) is 11.2. The number of imide groups is 1. The molecule has 0 aromatic rings. The zero-order chi connectivity index (χ0) is 15.7. The van der Waals surface area contributed by atoms with E-state index in [9.17, 15) is 24.6 Å². The average molecular weight is 300 g/mol. The maximum absolute atomic E-state index is 11.7. The van der Waals surface area contributed by atoms with Crippen molar-refractivity contribution in [2.24, 2.45) is 0 Å². The fourth-order valence-corrected chi connectivity index (χ4v) is 2.37. The van der Waals surface area contributed by atoms with Crippen LogP contribution in [0.4, 0.5) is 0 Å². The quantitative estimate of drug-likeness (QED) is 0.404. The lowest BCUT2D eigenvalue weighted by atomic mass is 9.95. The van der Waals surface area contributed by atoms with Crippen LogP contribution in [0, 0.1) is 0 Å². The minimum absolute atomic E-state index is 0.533. The Kier molecular flexibility index (Phi) is 4.37. The van der Waals surface area contributed by atoms with Gasteiger partial charge < -0.3 is 25.4 Å². The zero-order valence-electron chi connectivity index (χ0n) is 11.2. The number of hydrogen-bond donors (Lipinski definition) is 4. The summed E-state index contributed by atoms with van der Waals surface area (Å²) >= 11 is 0. The van der Waals surface area contributed by atoms with Gasteiger partial charge in [-0.25, -0.2) is 4.90 Å². The van der Waals surface area contributed by atoms with E-state index in [1.807, 2.05) is 0 Å². The molecule has 2 aliphatic heterocycles. The van der Waals surface area contributed by atoms with Crippen molar-refractivity contribution in [3.8, 4) is 0 Å². The van der Waals surface area contributed by atoms with Crippen LogP contribution in [0.1, 0.15) is 6.92 Å². The Morgan fingerprint density at radius 3 is 2.33 bits per heavy atom. The second kappa shape index (κ2) is 5.90. The van der Waals surface area contributed by atoms with Crippen molar-refractivity contribution in [3.05, 3.63) is 12.2 Å². The van der Waals surface area contributed by atoms with E-state index in [1.165, 1.54) is 6.92 Å². The van der Waals surface area contributed by atoms with Crippen LogP contribution in [0.15, 0.2) is 12.2 Å². The van der Waals surface area contributed by atoms with Gasteiger partial charge in [-0.05, 0) is 0 Å². The Balaban J connectivity index is 2.31. The second-order valence-corrected chi connectivity index (χ2v) is 4.83. The first-order valence-electron chi connectivity index (χ1n) is 6.31. The van der Waals surface area contributed by atoms with E-state index < -0.39 is 54.9 Å². The molecule has 0 aliphatic carbocycles. The lowest BCUT2D eigenvalue weighted by molar-refractivity contribution is -0.227. The third-order valence-corrected chi connectivity index (χ3v) is 3.37. The summed E-state index contributed by atoms with van der Waals surface area (Å²) in [6, 6.07) is -1.20. The van der Waals surface area contributed by atoms with Gasteiger partial charge in [0.2, 0.25) is 5.91 Å².